The second kappa shape index (κ2) is 1.55. The molecule has 0 saturated heterocycles. The van der Waals surface area contributed by atoms with Gasteiger partial charge >= 0.3 is 0 Å². The zero-order valence-corrected chi connectivity index (χ0v) is 3.68. The quantitative estimate of drug-likeness (QED) is 0.362. The molecule has 4 N–H and O–H groups in total. The predicted octanol–water partition coefficient (Wildman–Crippen LogP) is -1.01. The molecule has 0 aliphatic rings. The minimum atomic E-state index is -1.96. The lowest BCUT2D eigenvalue weighted by Gasteiger charge is -2.10. The first kappa shape index (κ1) is 5.88. The third-order valence-electron chi connectivity index (χ3n) is 0.520. The van der Waals surface area contributed by atoms with Crippen LogP contribution in [-0.4, -0.2) is 16.1 Å². The Bertz CT molecular complexity index is 38.5. The van der Waals surface area contributed by atoms with E-state index in [1.54, 1.807) is 6.92 Å². The van der Waals surface area contributed by atoms with Gasteiger partial charge in [-0.3, -0.25) is 5.73 Å². The van der Waals surface area contributed by atoms with E-state index in [0.29, 0.717) is 0 Å². The van der Waals surface area contributed by atoms with Crippen molar-refractivity contribution in [3.05, 3.63) is 0 Å². The summed E-state index contributed by atoms with van der Waals surface area (Å²) in [4.78, 5) is 0. The lowest BCUT2D eigenvalue weighted by Crippen LogP contribution is -2.37. The van der Waals surface area contributed by atoms with Crippen LogP contribution >= 0.6 is 0 Å². The van der Waals surface area contributed by atoms with Crippen LogP contribution in [0.3, 0.4) is 0 Å². The monoisotopic (exact) mass is 91.1 g/mol. The van der Waals surface area contributed by atoms with Crippen LogP contribution in [-0.2, 0) is 0 Å². The third-order valence-corrected chi connectivity index (χ3v) is 0.520. The van der Waals surface area contributed by atoms with Crippen molar-refractivity contribution >= 4 is 0 Å². The summed E-state index contributed by atoms with van der Waals surface area (Å²) >= 11 is 0. The third kappa shape index (κ3) is 3.88. The number of aliphatic hydroxyl groups is 2. The Hall–Kier alpha value is -0.120. The maximum atomic E-state index is 8.16. The maximum absolute atomic E-state index is 8.16. The van der Waals surface area contributed by atoms with Gasteiger partial charge in [-0.05, 0) is 0 Å². The number of nitrogens with two attached hydrogens (primary N) is 1. The van der Waals surface area contributed by atoms with Crippen LogP contribution < -0.4 is 5.73 Å². The van der Waals surface area contributed by atoms with Crippen LogP contribution in [0.1, 0.15) is 13.3 Å². The molecule has 38 valence electrons. The zero-order chi connectivity index (χ0) is 5.21. The van der Waals surface area contributed by atoms with Crippen molar-refractivity contribution in [3.8, 4) is 0 Å². The largest absolute Gasteiger partial charge is 0.354 e. The van der Waals surface area contributed by atoms with E-state index in [0.717, 1.165) is 0 Å². The van der Waals surface area contributed by atoms with E-state index in [4.69, 9.17) is 10.2 Å². The van der Waals surface area contributed by atoms with Crippen LogP contribution in [0.2, 0.25) is 0 Å². The van der Waals surface area contributed by atoms with Crippen LogP contribution in [0.25, 0.3) is 0 Å². The highest BCUT2D eigenvalue weighted by Gasteiger charge is 2.09. The average molecular weight is 91.1 g/mol. The summed E-state index contributed by atoms with van der Waals surface area (Å²) in [6, 6.07) is 0. The van der Waals surface area contributed by atoms with Crippen molar-refractivity contribution in [1.82, 2.24) is 0 Å². The molecule has 0 fully saturated rings. The molecule has 0 bridgehead atoms. The lowest BCUT2D eigenvalue weighted by molar-refractivity contribution is -0.156. The van der Waals surface area contributed by atoms with Crippen LogP contribution in [0.4, 0.5) is 0 Å². The molecule has 0 aromatic carbocycles. The van der Waals surface area contributed by atoms with Crippen molar-refractivity contribution < 1.29 is 10.2 Å². The number of hydrogen-bond donors (Lipinski definition) is 3. The van der Waals surface area contributed by atoms with Gasteiger partial charge in [0.2, 0.25) is 5.91 Å². The minimum Gasteiger partial charge on any atom is -0.354 e. The van der Waals surface area contributed by atoms with E-state index in [-0.39, 0.29) is 6.42 Å². The van der Waals surface area contributed by atoms with Crippen LogP contribution in [0.15, 0.2) is 0 Å². The molecular weight excluding hydrogens is 82.0 g/mol. The molecule has 0 radical (unpaired) electrons. The Balaban J connectivity index is 3.17. The molecule has 0 amide bonds. The SMILES string of the molecule is CCC(N)(O)O. The first-order valence-electron chi connectivity index (χ1n) is 1.80. The average Bonchev–Trinajstić information content (AvgIpc) is 1.35. The minimum absolute atomic E-state index is 0.160. The number of rotatable bonds is 1. The summed E-state index contributed by atoms with van der Waals surface area (Å²) in [7, 11) is 0. The number of hydrogen-bond acceptors (Lipinski definition) is 3. The molecule has 3 nitrogen and oxygen atoms in total. The summed E-state index contributed by atoms with van der Waals surface area (Å²) in [6.07, 6.45) is 0.160. The maximum Gasteiger partial charge on any atom is 0.219 e. The summed E-state index contributed by atoms with van der Waals surface area (Å²) in [5, 5.41) is 16.3. The van der Waals surface area contributed by atoms with Gasteiger partial charge in [-0.25, -0.2) is 0 Å². The van der Waals surface area contributed by atoms with Gasteiger partial charge in [0.05, 0.1) is 0 Å². The lowest BCUT2D eigenvalue weighted by atomic mass is 10.4. The van der Waals surface area contributed by atoms with Gasteiger partial charge in [-0.1, -0.05) is 6.92 Å². The van der Waals surface area contributed by atoms with Crippen molar-refractivity contribution in [2.24, 2.45) is 5.73 Å². The van der Waals surface area contributed by atoms with E-state index in [9.17, 15) is 0 Å². The molecule has 0 rings (SSSR count). The smallest absolute Gasteiger partial charge is 0.219 e. The van der Waals surface area contributed by atoms with Gasteiger partial charge in [0.15, 0.2) is 0 Å². The molecule has 0 unspecified atom stereocenters. The van der Waals surface area contributed by atoms with Crippen LogP contribution in [0, 0.1) is 0 Å². The van der Waals surface area contributed by atoms with E-state index in [1.165, 1.54) is 0 Å². The molecule has 3 heteroatoms. The summed E-state index contributed by atoms with van der Waals surface area (Å²) < 4.78 is 0. The van der Waals surface area contributed by atoms with Crippen LogP contribution in [0.5, 0.6) is 0 Å². The van der Waals surface area contributed by atoms with E-state index in [1.807, 2.05) is 0 Å². The molecule has 0 heterocycles. The van der Waals surface area contributed by atoms with Gasteiger partial charge in [0, 0.05) is 6.42 Å². The topological polar surface area (TPSA) is 66.5 Å². The molecule has 0 atom stereocenters. The molecule has 0 aliphatic carbocycles. The molecule has 0 saturated carbocycles. The fourth-order valence-corrected chi connectivity index (χ4v) is 0. The molecule has 6 heavy (non-hydrogen) atoms. The molecule has 0 aliphatic heterocycles. The normalized spacial score (nSPS) is 12.0. The highest BCUT2D eigenvalue weighted by Crippen LogP contribution is 1.90. The van der Waals surface area contributed by atoms with Gasteiger partial charge in [-0.2, -0.15) is 0 Å². The fourth-order valence-electron chi connectivity index (χ4n) is 0. The zero-order valence-electron chi connectivity index (χ0n) is 3.68. The van der Waals surface area contributed by atoms with E-state index >= 15 is 0 Å². The van der Waals surface area contributed by atoms with Crippen molar-refractivity contribution in [2.45, 2.75) is 19.3 Å². The van der Waals surface area contributed by atoms with Gasteiger partial charge < -0.3 is 10.2 Å². The summed E-state index contributed by atoms with van der Waals surface area (Å²) in [6.45, 7) is 1.58. The van der Waals surface area contributed by atoms with E-state index < -0.39 is 5.91 Å². The standard InChI is InChI=1S/C3H9NO2/c1-2-3(4,5)6/h5-6H,2,4H2,1H3. The molecule has 0 aromatic heterocycles. The highest BCUT2D eigenvalue weighted by atomic mass is 16.5. The van der Waals surface area contributed by atoms with Crippen molar-refractivity contribution in [1.29, 1.82) is 0 Å². The Kier molecular flexibility index (Phi) is 1.52. The van der Waals surface area contributed by atoms with Gasteiger partial charge in [0.25, 0.3) is 0 Å². The second-order valence-electron chi connectivity index (χ2n) is 1.23. The molecule has 0 aromatic rings. The Morgan fingerprint density at radius 1 is 1.67 bits per heavy atom. The molecular formula is C3H9NO2. The Morgan fingerprint density at radius 2 is 1.83 bits per heavy atom. The summed E-state index contributed by atoms with van der Waals surface area (Å²) in [5.74, 6) is -1.96. The molecule has 0 spiro atoms. The predicted molar refractivity (Wildman–Crippen MR) is 21.6 cm³/mol. The first-order valence-corrected chi connectivity index (χ1v) is 1.80. The highest BCUT2D eigenvalue weighted by molar-refractivity contribution is 4.45. The Labute approximate surface area is 36.4 Å². The first-order chi connectivity index (χ1) is 2.56. The summed E-state index contributed by atoms with van der Waals surface area (Å²) in [5.41, 5.74) is 4.65. The second-order valence-corrected chi connectivity index (χ2v) is 1.23. The van der Waals surface area contributed by atoms with E-state index in [2.05, 4.69) is 5.73 Å². The van der Waals surface area contributed by atoms with Crippen molar-refractivity contribution in [2.75, 3.05) is 0 Å². The van der Waals surface area contributed by atoms with Gasteiger partial charge in [0.1, 0.15) is 0 Å². The fraction of sp³-hybridized carbons (Fsp3) is 1.00. The Morgan fingerprint density at radius 3 is 1.83 bits per heavy atom. The van der Waals surface area contributed by atoms with Crippen molar-refractivity contribution in [3.63, 3.8) is 0 Å². The van der Waals surface area contributed by atoms with Gasteiger partial charge in [-0.15, -0.1) is 0 Å².